The first kappa shape index (κ1) is 33.1. The highest BCUT2D eigenvalue weighted by Gasteiger charge is 2.69. The van der Waals surface area contributed by atoms with Gasteiger partial charge in [0.05, 0.1) is 6.10 Å². The lowest BCUT2D eigenvalue weighted by molar-refractivity contribution is -0.686. The van der Waals surface area contributed by atoms with Gasteiger partial charge in [0.15, 0.2) is 18.5 Å². The second-order valence-corrected chi connectivity index (χ2v) is 13.6. The van der Waals surface area contributed by atoms with E-state index in [4.69, 9.17) is 23.7 Å². The molecule has 1 saturated heterocycles. The molecule has 0 unspecified atom stereocenters. The zero-order valence-electron chi connectivity index (χ0n) is 27.7. The van der Waals surface area contributed by atoms with E-state index >= 15 is 0 Å². The van der Waals surface area contributed by atoms with Crippen LogP contribution in [0.1, 0.15) is 50.2 Å². The van der Waals surface area contributed by atoms with Crippen LogP contribution in [-0.2, 0) is 39.8 Å². The second kappa shape index (κ2) is 13.0. The number of hydrogen-bond acceptors (Lipinski definition) is 9. The molecular weight excluding hydrogens is 604 g/mol. The third-order valence-corrected chi connectivity index (χ3v) is 10.6. The third-order valence-electron chi connectivity index (χ3n) is 10.6. The van der Waals surface area contributed by atoms with Crippen molar-refractivity contribution in [1.29, 1.82) is 0 Å². The highest BCUT2D eigenvalue weighted by molar-refractivity contribution is 5.87. The van der Waals surface area contributed by atoms with Gasteiger partial charge in [0.25, 0.3) is 0 Å². The lowest BCUT2D eigenvalue weighted by Gasteiger charge is -2.48. The second-order valence-electron chi connectivity index (χ2n) is 13.6. The summed E-state index contributed by atoms with van der Waals surface area (Å²) in [5.74, 6) is -3.25. The van der Waals surface area contributed by atoms with Crippen LogP contribution >= 0.6 is 0 Å². The van der Waals surface area contributed by atoms with Crippen LogP contribution in [0.15, 0.2) is 66.7 Å². The van der Waals surface area contributed by atoms with E-state index in [2.05, 4.69) is 4.98 Å². The molecule has 4 heterocycles. The molecule has 2 fully saturated rings. The average molecular weight is 650 g/mol. The highest BCUT2D eigenvalue weighted by atomic mass is 16.6. The molecule has 11 heteroatoms. The SMILES string of the molecule is CO[C@H]1C[C@H]2C=C[C@H]3[C@H]4O[C@]2(/C(C)=C/[C@@H](C)[C@@H]([C@@H](C)OC(=O)C[n+]2ccc(C)cc2)OC1=O)[C@@H]3[C@H](O)[C@@H](C)[C@H]4OC(=O)c1ccc[nH]1. The molecule has 6 rings (SSSR count). The molecule has 47 heavy (non-hydrogen) atoms. The van der Waals surface area contributed by atoms with Gasteiger partial charge < -0.3 is 33.8 Å². The van der Waals surface area contributed by atoms with Gasteiger partial charge in [-0.05, 0) is 50.5 Å². The summed E-state index contributed by atoms with van der Waals surface area (Å²) in [7, 11) is 1.46. The maximum Gasteiger partial charge on any atom is 0.373 e. The van der Waals surface area contributed by atoms with Crippen molar-refractivity contribution >= 4 is 17.9 Å². The number of cyclic esters (lactones) is 1. The predicted octanol–water partition coefficient (Wildman–Crippen LogP) is 3.25. The minimum absolute atomic E-state index is 0.0102. The molecular formula is C36H45N2O9+. The number of hydrogen-bond donors (Lipinski definition) is 2. The summed E-state index contributed by atoms with van der Waals surface area (Å²) in [6.45, 7) is 9.47. The molecule has 2 aromatic heterocycles. The van der Waals surface area contributed by atoms with Gasteiger partial charge in [0.2, 0.25) is 6.54 Å². The summed E-state index contributed by atoms with van der Waals surface area (Å²) in [6.07, 6.45) is 6.99. The van der Waals surface area contributed by atoms with E-state index in [-0.39, 0.29) is 30.7 Å². The minimum atomic E-state index is -0.999. The van der Waals surface area contributed by atoms with Crippen LogP contribution < -0.4 is 4.57 Å². The van der Waals surface area contributed by atoms with Gasteiger partial charge in [-0.15, -0.1) is 0 Å². The van der Waals surface area contributed by atoms with Crippen molar-refractivity contribution in [2.45, 2.75) is 89.8 Å². The van der Waals surface area contributed by atoms with E-state index in [0.29, 0.717) is 5.69 Å². The summed E-state index contributed by atoms with van der Waals surface area (Å²) < 4.78 is 32.4. The summed E-state index contributed by atoms with van der Waals surface area (Å²) in [4.78, 5) is 42.5. The fourth-order valence-electron chi connectivity index (χ4n) is 8.23. The van der Waals surface area contributed by atoms with E-state index in [1.165, 1.54) is 7.11 Å². The van der Waals surface area contributed by atoms with Crippen LogP contribution in [-0.4, -0.2) is 77.3 Å². The Morgan fingerprint density at radius 2 is 1.91 bits per heavy atom. The number of aromatic nitrogens is 2. The van der Waals surface area contributed by atoms with Gasteiger partial charge in [-0.3, -0.25) is 0 Å². The molecule has 4 bridgehead atoms. The smallest absolute Gasteiger partial charge is 0.373 e. The van der Waals surface area contributed by atoms with Crippen LogP contribution in [0.5, 0.6) is 0 Å². The normalized spacial score (nSPS) is 37.9. The fourth-order valence-corrected chi connectivity index (χ4v) is 8.23. The molecule has 1 spiro atoms. The summed E-state index contributed by atoms with van der Waals surface area (Å²) in [6, 6.07) is 7.18. The van der Waals surface area contributed by atoms with Crippen molar-refractivity contribution in [3.63, 3.8) is 0 Å². The number of methoxy groups -OCH3 is 1. The monoisotopic (exact) mass is 649 g/mol. The molecule has 2 aromatic rings. The predicted molar refractivity (Wildman–Crippen MR) is 168 cm³/mol. The van der Waals surface area contributed by atoms with Crippen molar-refractivity contribution in [1.82, 2.24) is 4.98 Å². The van der Waals surface area contributed by atoms with Gasteiger partial charge in [0.1, 0.15) is 35.7 Å². The standard InChI is InChI=1S/C36H44N2O9/c1-19-11-14-38(15-12-19)18-28(39)44-23(5)31-20(2)16-21(3)36-24(17-27(43-6)35(42)45-31)9-10-25-29(36)30(40)22(4)32(33(25)47-36)46-34(41)26-8-7-13-37-26/h7-16,20,22-25,27,29-33,40H,17-18H2,1-6H3/p+1/b21-16+/t20-,22-,23-,24-,25-,27+,29+,30-,31+,32-,33-,36+/m1/s1. The first-order valence-corrected chi connectivity index (χ1v) is 16.4. The zero-order valence-corrected chi connectivity index (χ0v) is 27.7. The third kappa shape index (κ3) is 5.93. The van der Waals surface area contributed by atoms with Crippen molar-refractivity contribution in [3.05, 3.63) is 77.9 Å². The van der Waals surface area contributed by atoms with Gasteiger partial charge in [-0.1, -0.05) is 32.1 Å². The van der Waals surface area contributed by atoms with E-state index in [0.717, 1.165) is 11.1 Å². The minimum Gasteiger partial charge on any atom is -0.456 e. The Kier molecular flexibility index (Phi) is 9.17. The van der Waals surface area contributed by atoms with E-state index < -0.39 is 72.0 Å². The number of aliphatic hydroxyl groups excluding tert-OH is 1. The van der Waals surface area contributed by atoms with Crippen molar-refractivity contribution in [3.8, 4) is 0 Å². The number of aliphatic hydroxyl groups is 1. The quantitative estimate of drug-likeness (QED) is 0.201. The number of carbonyl (C=O) groups is 3. The zero-order chi connectivity index (χ0) is 33.6. The van der Waals surface area contributed by atoms with Crippen molar-refractivity contribution in [2.75, 3.05) is 7.11 Å². The van der Waals surface area contributed by atoms with Gasteiger partial charge in [-0.2, -0.15) is 4.57 Å². The molecule has 2 aliphatic heterocycles. The largest absolute Gasteiger partial charge is 0.456 e. The number of esters is 3. The molecule has 0 amide bonds. The molecule has 11 nitrogen and oxygen atoms in total. The summed E-state index contributed by atoms with van der Waals surface area (Å²) >= 11 is 0. The Balaban J connectivity index is 1.31. The number of aromatic amines is 1. The Morgan fingerprint density at radius 3 is 2.60 bits per heavy atom. The fraction of sp³-hybridized carbons (Fsp3) is 0.556. The molecule has 0 aromatic carbocycles. The van der Waals surface area contributed by atoms with Gasteiger partial charge in [0, 0.05) is 55.0 Å². The maximum absolute atomic E-state index is 13.6. The molecule has 0 radical (unpaired) electrons. The highest BCUT2D eigenvalue weighted by Crippen LogP contribution is 2.61. The number of H-pyrrole nitrogens is 1. The Labute approximate surface area is 274 Å². The number of nitrogens with zero attached hydrogens (tertiary/aromatic N) is 1. The first-order chi connectivity index (χ1) is 22.4. The molecule has 2 N–H and O–H groups in total. The van der Waals surface area contributed by atoms with Crippen molar-refractivity contribution in [2.24, 2.45) is 29.6 Å². The molecule has 12 atom stereocenters. The van der Waals surface area contributed by atoms with Gasteiger partial charge in [-0.25, -0.2) is 14.4 Å². The number of rotatable bonds is 7. The number of aryl methyl sites for hydroxylation is 1. The number of nitrogens with one attached hydrogen (secondary N) is 1. The average Bonchev–Trinajstić information content (AvgIpc) is 3.64. The van der Waals surface area contributed by atoms with E-state index in [1.54, 1.807) is 29.8 Å². The first-order valence-electron chi connectivity index (χ1n) is 16.4. The molecule has 4 aliphatic rings. The lowest BCUT2D eigenvalue weighted by atomic mass is 9.57. The topological polar surface area (TPSA) is 137 Å². The number of pyridine rings is 1. The van der Waals surface area contributed by atoms with Crippen LogP contribution in [0.3, 0.4) is 0 Å². The van der Waals surface area contributed by atoms with Gasteiger partial charge >= 0.3 is 17.9 Å². The summed E-state index contributed by atoms with van der Waals surface area (Å²) in [5.41, 5.74) is 1.27. The Bertz CT molecular complexity index is 1540. The molecule has 252 valence electrons. The molecule has 2 aliphatic carbocycles. The van der Waals surface area contributed by atoms with Crippen LogP contribution in [0.25, 0.3) is 0 Å². The van der Waals surface area contributed by atoms with Crippen LogP contribution in [0.4, 0.5) is 0 Å². The lowest BCUT2D eigenvalue weighted by Crippen LogP contribution is -2.57. The Morgan fingerprint density at radius 1 is 1.17 bits per heavy atom. The van der Waals surface area contributed by atoms with Crippen LogP contribution in [0, 0.1) is 36.5 Å². The van der Waals surface area contributed by atoms with Crippen LogP contribution in [0.2, 0.25) is 0 Å². The number of ether oxygens (including phenoxy) is 5. The number of carbonyl (C=O) groups excluding carboxylic acids is 3. The maximum atomic E-state index is 13.6. The Hall–Kier alpha value is -3.80. The van der Waals surface area contributed by atoms with E-state index in [9.17, 15) is 19.5 Å². The van der Waals surface area contributed by atoms with E-state index in [1.807, 2.05) is 70.4 Å². The molecule has 1 saturated carbocycles. The summed E-state index contributed by atoms with van der Waals surface area (Å²) in [5, 5.41) is 11.9. The van der Waals surface area contributed by atoms with Crippen molar-refractivity contribution < 1.29 is 47.7 Å².